The first-order valence-electron chi connectivity index (χ1n) is 9.80. The molecule has 0 fully saturated rings. The molecule has 2 aromatic carbocycles. The molecule has 0 aliphatic heterocycles. The summed E-state index contributed by atoms with van der Waals surface area (Å²) < 4.78 is 35.4. The van der Waals surface area contributed by atoms with E-state index in [4.69, 9.17) is 9.15 Å². The van der Waals surface area contributed by atoms with Crippen LogP contribution in [0.3, 0.4) is 0 Å². The molecule has 4 rings (SSSR count). The molecule has 0 saturated heterocycles. The summed E-state index contributed by atoms with van der Waals surface area (Å²) in [6.45, 7) is 0. The van der Waals surface area contributed by atoms with Crippen molar-refractivity contribution in [1.29, 1.82) is 0 Å². The second kappa shape index (κ2) is 10.2. The molecule has 2 heterocycles. The highest BCUT2D eigenvalue weighted by Gasteiger charge is 2.19. The molecule has 8 nitrogen and oxygen atoms in total. The third kappa shape index (κ3) is 6.61. The fourth-order valence-electron chi connectivity index (χ4n) is 2.84. The molecule has 4 aromatic rings. The summed E-state index contributed by atoms with van der Waals surface area (Å²) in [6, 6.07) is 19.8. The first kappa shape index (κ1) is 22.4. The average Bonchev–Trinajstić information content (AvgIpc) is 3.46. The van der Waals surface area contributed by atoms with Crippen molar-refractivity contribution >= 4 is 33.3 Å². The van der Waals surface area contributed by atoms with Gasteiger partial charge in [0.15, 0.2) is 9.84 Å². The van der Waals surface area contributed by atoms with Crippen LogP contribution in [0.4, 0.5) is 0 Å². The summed E-state index contributed by atoms with van der Waals surface area (Å²) in [5.74, 6) is 0.675. The number of amides is 1. The smallest absolute Gasteiger partial charge is 0.290 e. The topological polar surface area (TPSA) is 111 Å². The zero-order chi connectivity index (χ0) is 23.1. The van der Waals surface area contributed by atoms with Gasteiger partial charge in [0.25, 0.3) is 5.91 Å². The number of furan rings is 1. The van der Waals surface area contributed by atoms with Crippen LogP contribution in [0.5, 0.6) is 11.5 Å². The molecule has 0 aliphatic rings. The predicted molar refractivity (Wildman–Crippen MR) is 125 cm³/mol. The van der Waals surface area contributed by atoms with Crippen molar-refractivity contribution in [2.75, 3.05) is 0 Å². The zero-order valence-corrected chi connectivity index (χ0v) is 18.9. The van der Waals surface area contributed by atoms with Crippen LogP contribution in [-0.4, -0.2) is 25.5 Å². The van der Waals surface area contributed by atoms with Gasteiger partial charge >= 0.3 is 0 Å². The number of thiazole rings is 1. The van der Waals surface area contributed by atoms with Crippen molar-refractivity contribution in [1.82, 2.24) is 10.4 Å². The largest absolute Gasteiger partial charge is 0.468 e. The van der Waals surface area contributed by atoms with Gasteiger partial charge in [-0.2, -0.15) is 5.10 Å². The van der Waals surface area contributed by atoms with Gasteiger partial charge in [-0.25, -0.2) is 18.8 Å². The summed E-state index contributed by atoms with van der Waals surface area (Å²) in [6.07, 6.45) is 2.90. The van der Waals surface area contributed by atoms with E-state index in [0.29, 0.717) is 22.3 Å². The van der Waals surface area contributed by atoms with E-state index >= 15 is 0 Å². The van der Waals surface area contributed by atoms with E-state index in [0.717, 1.165) is 16.9 Å². The van der Waals surface area contributed by atoms with Gasteiger partial charge in [-0.05, 0) is 42.0 Å². The highest BCUT2D eigenvalue weighted by Crippen LogP contribution is 2.21. The number of carbonyl (C=O) groups is 1. The summed E-state index contributed by atoms with van der Waals surface area (Å²) in [7, 11) is -3.47. The fraction of sp³-hybridized carbons (Fsp3) is 0.0870. The molecule has 0 aliphatic carbocycles. The van der Waals surface area contributed by atoms with Crippen molar-refractivity contribution in [3.8, 4) is 11.5 Å². The summed E-state index contributed by atoms with van der Waals surface area (Å²) in [4.78, 5) is 16.4. The van der Waals surface area contributed by atoms with E-state index in [1.165, 1.54) is 17.9 Å². The Bertz CT molecular complexity index is 1350. The molecule has 1 N–H and O–H groups in total. The minimum Gasteiger partial charge on any atom is -0.468 e. The number of benzene rings is 2. The Morgan fingerprint density at radius 2 is 1.88 bits per heavy atom. The molecule has 0 saturated carbocycles. The molecular weight excluding hydrogens is 462 g/mol. The summed E-state index contributed by atoms with van der Waals surface area (Å²) >= 11 is 1.10. The third-order valence-corrected chi connectivity index (χ3v) is 6.76. The third-order valence-electron chi connectivity index (χ3n) is 4.29. The molecule has 33 heavy (non-hydrogen) atoms. The zero-order valence-electron chi connectivity index (χ0n) is 17.2. The Labute approximate surface area is 194 Å². The standard InChI is InChI=1S/C23H19N3O5S2/c27-23(21-14-32-22(25-21)16-33(28,29)15-20-10-5-11-30-20)26-24-13-17-6-4-9-19(12-17)31-18-7-2-1-3-8-18/h1-14H,15-16H2,(H,26,27). The molecule has 0 radical (unpaired) electrons. The van der Waals surface area contributed by atoms with Gasteiger partial charge in [0.05, 0.1) is 12.5 Å². The first-order valence-corrected chi connectivity index (χ1v) is 12.5. The summed E-state index contributed by atoms with van der Waals surface area (Å²) in [5, 5.41) is 5.77. The second-order valence-corrected chi connectivity index (χ2v) is 9.93. The molecule has 0 unspecified atom stereocenters. The number of para-hydroxylation sites is 1. The van der Waals surface area contributed by atoms with E-state index in [9.17, 15) is 13.2 Å². The number of hydrogen-bond acceptors (Lipinski definition) is 8. The number of sulfone groups is 1. The van der Waals surface area contributed by atoms with E-state index in [-0.39, 0.29) is 17.2 Å². The lowest BCUT2D eigenvalue weighted by molar-refractivity contribution is 0.0950. The Balaban J connectivity index is 1.33. The average molecular weight is 482 g/mol. The molecule has 0 spiro atoms. The highest BCUT2D eigenvalue weighted by molar-refractivity contribution is 7.89. The van der Waals surface area contributed by atoms with Gasteiger partial charge in [-0.1, -0.05) is 30.3 Å². The van der Waals surface area contributed by atoms with Crippen LogP contribution in [0.1, 0.15) is 26.8 Å². The minimum absolute atomic E-state index is 0.0986. The minimum atomic E-state index is -3.47. The SMILES string of the molecule is O=C(NN=Cc1cccc(Oc2ccccc2)c1)c1csc(CS(=O)(=O)Cc2ccco2)n1. The molecule has 10 heteroatoms. The number of hydrazone groups is 1. The van der Waals surface area contributed by atoms with Crippen LogP contribution in [0.25, 0.3) is 0 Å². The van der Waals surface area contributed by atoms with Crippen molar-refractivity contribution in [3.05, 3.63) is 100 Å². The van der Waals surface area contributed by atoms with E-state index in [1.54, 1.807) is 18.2 Å². The lowest BCUT2D eigenvalue weighted by Crippen LogP contribution is -2.18. The lowest BCUT2D eigenvalue weighted by atomic mass is 10.2. The van der Waals surface area contributed by atoms with Gasteiger partial charge in [0, 0.05) is 5.38 Å². The fourth-order valence-corrected chi connectivity index (χ4v) is 5.35. The summed E-state index contributed by atoms with van der Waals surface area (Å²) in [5.41, 5.74) is 3.23. The van der Waals surface area contributed by atoms with Gasteiger partial charge in [-0.15, -0.1) is 11.3 Å². The van der Waals surface area contributed by atoms with E-state index in [2.05, 4.69) is 15.5 Å². The number of hydrogen-bond donors (Lipinski definition) is 1. The van der Waals surface area contributed by atoms with Gasteiger partial charge < -0.3 is 9.15 Å². The van der Waals surface area contributed by atoms with Crippen molar-refractivity contribution < 1.29 is 22.4 Å². The molecular formula is C23H19N3O5S2. The van der Waals surface area contributed by atoms with Crippen molar-refractivity contribution in [2.45, 2.75) is 11.5 Å². The maximum absolute atomic E-state index is 12.3. The van der Waals surface area contributed by atoms with Crippen molar-refractivity contribution in [3.63, 3.8) is 0 Å². The number of rotatable bonds is 9. The quantitative estimate of drug-likeness (QED) is 0.280. The number of nitrogens with zero attached hydrogens (tertiary/aromatic N) is 2. The Morgan fingerprint density at radius 1 is 1.06 bits per heavy atom. The van der Waals surface area contributed by atoms with Crippen LogP contribution >= 0.6 is 11.3 Å². The highest BCUT2D eigenvalue weighted by atomic mass is 32.2. The van der Waals surface area contributed by atoms with Crippen molar-refractivity contribution in [2.24, 2.45) is 5.10 Å². The lowest BCUT2D eigenvalue weighted by Gasteiger charge is -2.05. The van der Waals surface area contributed by atoms with E-state index < -0.39 is 15.7 Å². The second-order valence-electron chi connectivity index (χ2n) is 6.92. The molecule has 0 bridgehead atoms. The van der Waals surface area contributed by atoms with Gasteiger partial charge in [-0.3, -0.25) is 4.79 Å². The van der Waals surface area contributed by atoms with Crippen LogP contribution in [0.2, 0.25) is 0 Å². The van der Waals surface area contributed by atoms with Gasteiger partial charge in [0.2, 0.25) is 0 Å². The Hall–Kier alpha value is -3.76. The molecule has 168 valence electrons. The Morgan fingerprint density at radius 3 is 2.67 bits per heavy atom. The van der Waals surface area contributed by atoms with Crippen LogP contribution in [-0.2, 0) is 21.3 Å². The Kier molecular flexibility index (Phi) is 6.96. The van der Waals surface area contributed by atoms with Crippen LogP contribution in [0, 0.1) is 0 Å². The molecule has 1 amide bonds. The first-order chi connectivity index (χ1) is 16.0. The molecule has 0 atom stereocenters. The normalized spacial score (nSPS) is 11.5. The predicted octanol–water partition coefficient (Wildman–Crippen LogP) is 4.41. The van der Waals surface area contributed by atoms with Crippen LogP contribution in [0.15, 0.2) is 87.9 Å². The number of ether oxygens (including phenoxy) is 1. The monoisotopic (exact) mass is 481 g/mol. The number of aromatic nitrogens is 1. The maximum Gasteiger partial charge on any atom is 0.290 e. The maximum atomic E-state index is 12.3. The molecule has 2 aromatic heterocycles. The van der Waals surface area contributed by atoms with E-state index in [1.807, 2.05) is 48.5 Å². The van der Waals surface area contributed by atoms with Gasteiger partial charge in [0.1, 0.15) is 39.5 Å². The van der Waals surface area contributed by atoms with Crippen LogP contribution < -0.4 is 10.2 Å². The number of carbonyl (C=O) groups excluding carboxylic acids is 1. The number of nitrogens with one attached hydrogen (secondary N) is 1.